The molecular weight excluding hydrogens is 258 g/mol. The lowest BCUT2D eigenvalue weighted by Gasteiger charge is -2.12. The predicted molar refractivity (Wildman–Crippen MR) is 71.1 cm³/mol. The number of nitrogens with one attached hydrogen (secondary N) is 1. The third kappa shape index (κ3) is 4.37. The summed E-state index contributed by atoms with van der Waals surface area (Å²) in [5.41, 5.74) is 6.28. The Hall–Kier alpha value is -1.05. The van der Waals surface area contributed by atoms with Gasteiger partial charge in [0.1, 0.15) is 5.25 Å². The molecule has 7 heteroatoms. The van der Waals surface area contributed by atoms with Gasteiger partial charge in [0.2, 0.25) is 10.0 Å². The van der Waals surface area contributed by atoms with Crippen molar-refractivity contribution in [2.24, 2.45) is 5.73 Å². The lowest BCUT2D eigenvalue weighted by atomic mass is 10.2. The normalized spacial score (nSPS) is 13.2. The van der Waals surface area contributed by atoms with Gasteiger partial charge in [-0.05, 0) is 25.0 Å². The van der Waals surface area contributed by atoms with E-state index < -0.39 is 15.3 Å². The Balaban J connectivity index is 2.49. The number of nitrogens with zero attached hydrogens (tertiary/aromatic N) is 1. The molecule has 5 nitrogen and oxygen atoms in total. The van der Waals surface area contributed by atoms with Crippen molar-refractivity contribution in [2.45, 2.75) is 18.6 Å². The van der Waals surface area contributed by atoms with Crippen LogP contribution in [0.25, 0.3) is 0 Å². The molecule has 3 N–H and O–H groups in total. The Morgan fingerprint density at radius 1 is 1.65 bits per heavy atom. The smallest absolute Gasteiger partial charge is 0.220 e. The van der Waals surface area contributed by atoms with Crippen LogP contribution in [0, 0.1) is 0 Å². The first kappa shape index (κ1) is 14.0. The summed E-state index contributed by atoms with van der Waals surface area (Å²) in [5.74, 6) is 0. The zero-order valence-electron chi connectivity index (χ0n) is 9.46. The molecule has 0 radical (unpaired) electrons. The van der Waals surface area contributed by atoms with Crippen LogP contribution in [0.3, 0.4) is 0 Å². The highest BCUT2D eigenvalue weighted by atomic mass is 32.2. The molecular formula is C10H15N3O2S2. The van der Waals surface area contributed by atoms with Gasteiger partial charge >= 0.3 is 0 Å². The highest BCUT2D eigenvalue weighted by Crippen LogP contribution is 2.00. The van der Waals surface area contributed by atoms with E-state index in [1.165, 1.54) is 6.92 Å². The van der Waals surface area contributed by atoms with E-state index >= 15 is 0 Å². The van der Waals surface area contributed by atoms with E-state index in [-0.39, 0.29) is 4.99 Å². The zero-order chi connectivity index (χ0) is 12.9. The molecule has 1 rings (SSSR count). The lowest BCUT2D eigenvalue weighted by molar-refractivity contribution is 0.578. The number of hydrogen-bond acceptors (Lipinski definition) is 4. The molecule has 0 aliphatic rings. The fraction of sp³-hybridized carbons (Fsp3) is 0.400. The fourth-order valence-corrected chi connectivity index (χ4v) is 2.48. The molecule has 1 unspecified atom stereocenters. The molecule has 1 aromatic rings. The average Bonchev–Trinajstić information content (AvgIpc) is 2.29. The SMILES string of the molecule is CC(C(N)=S)S(=O)(=O)NCCc1cccnc1. The van der Waals surface area contributed by atoms with Crippen LogP contribution < -0.4 is 10.5 Å². The second kappa shape index (κ2) is 6.04. The third-order valence-electron chi connectivity index (χ3n) is 2.31. The Kier molecular flexibility index (Phi) is 4.98. The van der Waals surface area contributed by atoms with Gasteiger partial charge in [0.15, 0.2) is 0 Å². The number of hydrogen-bond donors (Lipinski definition) is 2. The summed E-state index contributed by atoms with van der Waals surface area (Å²) in [6, 6.07) is 3.69. The standard InChI is InChI=1S/C10H15N3O2S2/c1-8(10(11)16)17(14,15)13-6-4-9-3-2-5-12-7-9/h2-3,5,7-8,13H,4,6H2,1H3,(H2,11,16). The molecule has 0 bridgehead atoms. The van der Waals surface area contributed by atoms with E-state index in [0.717, 1.165) is 5.56 Å². The molecule has 0 fully saturated rings. The Morgan fingerprint density at radius 3 is 2.88 bits per heavy atom. The van der Waals surface area contributed by atoms with Gasteiger partial charge in [-0.1, -0.05) is 18.3 Å². The van der Waals surface area contributed by atoms with E-state index in [0.29, 0.717) is 13.0 Å². The number of nitrogens with two attached hydrogens (primary N) is 1. The Morgan fingerprint density at radius 2 is 2.35 bits per heavy atom. The molecule has 0 aliphatic carbocycles. The number of aromatic nitrogens is 1. The molecule has 0 aliphatic heterocycles. The number of pyridine rings is 1. The second-order valence-corrected chi connectivity index (χ2v) is 6.15. The van der Waals surface area contributed by atoms with E-state index in [9.17, 15) is 8.42 Å². The summed E-state index contributed by atoms with van der Waals surface area (Å²) in [6.45, 7) is 1.77. The van der Waals surface area contributed by atoms with Gasteiger partial charge in [0, 0.05) is 18.9 Å². The predicted octanol–water partition coefficient (Wildman–Crippen LogP) is 0.218. The first-order valence-electron chi connectivity index (χ1n) is 5.10. The minimum Gasteiger partial charge on any atom is -0.392 e. The van der Waals surface area contributed by atoms with Gasteiger partial charge in [-0.25, -0.2) is 13.1 Å². The van der Waals surface area contributed by atoms with Crippen LogP contribution in [0.4, 0.5) is 0 Å². The van der Waals surface area contributed by atoms with Crippen LogP contribution in [-0.2, 0) is 16.4 Å². The van der Waals surface area contributed by atoms with Crippen molar-refractivity contribution in [1.82, 2.24) is 9.71 Å². The number of thiocarbonyl (C=S) groups is 1. The third-order valence-corrected chi connectivity index (χ3v) is 4.60. The molecule has 0 aromatic carbocycles. The van der Waals surface area contributed by atoms with E-state index in [4.69, 9.17) is 5.73 Å². The molecule has 0 spiro atoms. The van der Waals surface area contributed by atoms with Crippen molar-refractivity contribution in [3.05, 3.63) is 30.1 Å². The van der Waals surface area contributed by atoms with Crippen molar-refractivity contribution < 1.29 is 8.42 Å². The molecule has 0 saturated carbocycles. The largest absolute Gasteiger partial charge is 0.392 e. The summed E-state index contributed by atoms with van der Waals surface area (Å²) >= 11 is 4.66. The maximum atomic E-state index is 11.7. The van der Waals surface area contributed by atoms with Gasteiger partial charge in [-0.15, -0.1) is 0 Å². The number of sulfonamides is 1. The van der Waals surface area contributed by atoms with E-state index in [1.807, 2.05) is 12.1 Å². The molecule has 17 heavy (non-hydrogen) atoms. The molecule has 94 valence electrons. The van der Waals surface area contributed by atoms with Crippen molar-refractivity contribution in [1.29, 1.82) is 0 Å². The summed E-state index contributed by atoms with van der Waals surface area (Å²) in [4.78, 5) is 3.92. The first-order valence-corrected chi connectivity index (χ1v) is 7.05. The van der Waals surface area contributed by atoms with Crippen LogP contribution in [0.1, 0.15) is 12.5 Å². The average molecular weight is 273 g/mol. The number of rotatable bonds is 6. The minimum atomic E-state index is -3.47. The quantitative estimate of drug-likeness (QED) is 0.724. The summed E-state index contributed by atoms with van der Waals surface area (Å²) in [5, 5.41) is -0.855. The van der Waals surface area contributed by atoms with Gasteiger partial charge < -0.3 is 5.73 Å². The maximum Gasteiger partial charge on any atom is 0.220 e. The van der Waals surface area contributed by atoms with Crippen molar-refractivity contribution >= 4 is 27.2 Å². The van der Waals surface area contributed by atoms with E-state index in [1.54, 1.807) is 12.4 Å². The second-order valence-electron chi connectivity index (χ2n) is 3.60. The van der Waals surface area contributed by atoms with Gasteiger partial charge in [0.25, 0.3) is 0 Å². The summed E-state index contributed by atoms with van der Waals surface area (Å²) < 4.78 is 25.8. The van der Waals surface area contributed by atoms with Gasteiger partial charge in [-0.2, -0.15) is 0 Å². The highest BCUT2D eigenvalue weighted by molar-refractivity contribution is 7.93. The molecule has 1 atom stereocenters. The highest BCUT2D eigenvalue weighted by Gasteiger charge is 2.22. The monoisotopic (exact) mass is 273 g/mol. The van der Waals surface area contributed by atoms with Crippen LogP contribution in [-0.4, -0.2) is 30.2 Å². The Bertz CT molecular complexity index is 474. The Labute approximate surface area is 106 Å². The van der Waals surface area contributed by atoms with Gasteiger partial charge in [-0.3, -0.25) is 4.98 Å². The minimum absolute atomic E-state index is 0.0288. The molecule has 1 aromatic heterocycles. The van der Waals surface area contributed by atoms with Crippen LogP contribution >= 0.6 is 12.2 Å². The summed E-state index contributed by atoms with van der Waals surface area (Å²) in [6.07, 6.45) is 3.95. The molecule has 1 heterocycles. The van der Waals surface area contributed by atoms with Gasteiger partial charge in [0.05, 0.1) is 4.99 Å². The van der Waals surface area contributed by atoms with E-state index in [2.05, 4.69) is 21.9 Å². The van der Waals surface area contributed by atoms with Crippen LogP contribution in [0.15, 0.2) is 24.5 Å². The zero-order valence-corrected chi connectivity index (χ0v) is 11.1. The lowest BCUT2D eigenvalue weighted by Crippen LogP contribution is -2.40. The van der Waals surface area contributed by atoms with Crippen LogP contribution in [0.5, 0.6) is 0 Å². The van der Waals surface area contributed by atoms with Crippen molar-refractivity contribution in [2.75, 3.05) is 6.54 Å². The van der Waals surface area contributed by atoms with Crippen molar-refractivity contribution in [3.8, 4) is 0 Å². The topological polar surface area (TPSA) is 85.1 Å². The summed E-state index contributed by atoms with van der Waals surface area (Å²) in [7, 11) is -3.47. The fourth-order valence-electron chi connectivity index (χ4n) is 1.16. The first-order chi connectivity index (χ1) is 7.93. The molecule has 0 amide bonds. The molecule has 0 saturated heterocycles. The van der Waals surface area contributed by atoms with Crippen LogP contribution in [0.2, 0.25) is 0 Å². The maximum absolute atomic E-state index is 11.7. The van der Waals surface area contributed by atoms with Crippen molar-refractivity contribution in [3.63, 3.8) is 0 Å².